The first-order chi connectivity index (χ1) is 11.0. The lowest BCUT2D eigenvalue weighted by Crippen LogP contribution is -2.32. The summed E-state index contributed by atoms with van der Waals surface area (Å²) in [5.41, 5.74) is 1.00. The second-order valence-corrected chi connectivity index (χ2v) is 7.79. The van der Waals surface area contributed by atoms with Crippen LogP contribution in [0.5, 0.6) is 0 Å². The molecule has 1 aliphatic rings. The predicted molar refractivity (Wildman–Crippen MR) is 86.7 cm³/mol. The van der Waals surface area contributed by atoms with Crippen LogP contribution in [-0.2, 0) is 10.0 Å². The molecule has 1 fully saturated rings. The zero-order chi connectivity index (χ0) is 16.4. The summed E-state index contributed by atoms with van der Waals surface area (Å²) in [6.07, 6.45) is 3.69. The number of sulfonamides is 1. The largest absolute Gasteiger partial charge is 0.341 e. The van der Waals surface area contributed by atoms with E-state index in [1.54, 1.807) is 24.4 Å². The van der Waals surface area contributed by atoms with Crippen molar-refractivity contribution in [3.63, 3.8) is 0 Å². The standard InChI is InChI=1S/C16H20FN3O2S/c1-2-10-23(21,22)20-9-5-8-15(20)16-18-11-14(19-16)12-6-3-4-7-13(12)17/h3-4,6-7,11,15H,2,5,8-10H2,1H3,(H,18,19)/t15-/m0/s1. The summed E-state index contributed by atoms with van der Waals surface area (Å²) >= 11 is 0. The van der Waals surface area contributed by atoms with Crippen molar-refractivity contribution in [2.45, 2.75) is 32.2 Å². The van der Waals surface area contributed by atoms with Gasteiger partial charge in [0, 0.05) is 12.1 Å². The van der Waals surface area contributed by atoms with Gasteiger partial charge in [-0.05, 0) is 31.4 Å². The third-order valence-corrected chi connectivity index (χ3v) is 6.17. The average molecular weight is 337 g/mol. The normalized spacial score (nSPS) is 19.3. The molecule has 2 heterocycles. The Morgan fingerprint density at radius 2 is 2.17 bits per heavy atom. The summed E-state index contributed by atoms with van der Waals surface area (Å²) in [5.74, 6) is 0.398. The molecule has 0 spiro atoms. The van der Waals surface area contributed by atoms with Gasteiger partial charge in [-0.1, -0.05) is 19.1 Å². The summed E-state index contributed by atoms with van der Waals surface area (Å²) in [7, 11) is -3.27. The second kappa shape index (κ2) is 6.41. The zero-order valence-corrected chi connectivity index (χ0v) is 13.8. The van der Waals surface area contributed by atoms with E-state index in [2.05, 4.69) is 9.97 Å². The first-order valence-electron chi connectivity index (χ1n) is 7.82. The third-order valence-electron chi connectivity index (χ3n) is 4.10. The molecule has 1 saturated heterocycles. The number of H-pyrrole nitrogens is 1. The van der Waals surface area contributed by atoms with Crippen LogP contribution in [0.15, 0.2) is 30.5 Å². The minimum Gasteiger partial charge on any atom is -0.341 e. The number of hydrogen-bond donors (Lipinski definition) is 1. The molecule has 2 aromatic rings. The van der Waals surface area contributed by atoms with Gasteiger partial charge in [0.1, 0.15) is 11.6 Å². The Balaban J connectivity index is 1.89. The molecular formula is C16H20FN3O2S. The molecule has 1 aromatic carbocycles. The summed E-state index contributed by atoms with van der Waals surface area (Å²) in [4.78, 5) is 7.41. The Labute approximate surface area is 135 Å². The van der Waals surface area contributed by atoms with Crippen molar-refractivity contribution in [3.8, 4) is 11.3 Å². The maximum atomic E-state index is 13.9. The van der Waals surface area contributed by atoms with Gasteiger partial charge in [0.25, 0.3) is 0 Å². The number of aromatic nitrogens is 2. The number of rotatable bonds is 5. The highest BCUT2D eigenvalue weighted by atomic mass is 32.2. The molecule has 7 heteroatoms. The molecule has 0 saturated carbocycles. The molecule has 0 unspecified atom stereocenters. The highest BCUT2D eigenvalue weighted by Gasteiger charge is 2.36. The molecule has 124 valence electrons. The summed E-state index contributed by atoms with van der Waals surface area (Å²) < 4.78 is 40.1. The van der Waals surface area contributed by atoms with Crippen LogP contribution in [0, 0.1) is 5.82 Å². The molecule has 1 N–H and O–H groups in total. The van der Waals surface area contributed by atoms with Crippen LogP contribution in [0.2, 0.25) is 0 Å². The van der Waals surface area contributed by atoms with Gasteiger partial charge in [0.15, 0.2) is 0 Å². The Kier molecular flexibility index (Phi) is 4.50. The van der Waals surface area contributed by atoms with E-state index in [9.17, 15) is 12.8 Å². The molecule has 23 heavy (non-hydrogen) atoms. The van der Waals surface area contributed by atoms with Crippen LogP contribution in [0.1, 0.15) is 38.1 Å². The van der Waals surface area contributed by atoms with Crippen LogP contribution >= 0.6 is 0 Å². The van der Waals surface area contributed by atoms with Crippen LogP contribution in [0.25, 0.3) is 11.3 Å². The summed E-state index contributed by atoms with van der Waals surface area (Å²) in [5, 5.41) is 0. The van der Waals surface area contributed by atoms with Crippen molar-refractivity contribution >= 4 is 10.0 Å². The van der Waals surface area contributed by atoms with Crippen LogP contribution in [0.4, 0.5) is 4.39 Å². The van der Waals surface area contributed by atoms with E-state index in [-0.39, 0.29) is 17.6 Å². The zero-order valence-electron chi connectivity index (χ0n) is 13.0. The van der Waals surface area contributed by atoms with Crippen molar-refractivity contribution in [2.24, 2.45) is 0 Å². The molecule has 0 radical (unpaired) electrons. The number of nitrogens with one attached hydrogen (secondary N) is 1. The molecular weight excluding hydrogens is 317 g/mol. The van der Waals surface area contributed by atoms with Gasteiger partial charge in [0.05, 0.1) is 23.7 Å². The fourth-order valence-corrected chi connectivity index (χ4v) is 4.79. The van der Waals surface area contributed by atoms with Crippen molar-refractivity contribution in [1.29, 1.82) is 0 Å². The van der Waals surface area contributed by atoms with Crippen LogP contribution < -0.4 is 0 Å². The smallest absolute Gasteiger partial charge is 0.214 e. The molecule has 0 amide bonds. The second-order valence-electron chi connectivity index (χ2n) is 5.75. The van der Waals surface area contributed by atoms with E-state index in [0.29, 0.717) is 30.0 Å². The van der Waals surface area contributed by atoms with E-state index in [1.165, 1.54) is 10.4 Å². The number of imidazole rings is 1. The van der Waals surface area contributed by atoms with Crippen molar-refractivity contribution in [1.82, 2.24) is 14.3 Å². The highest BCUT2D eigenvalue weighted by molar-refractivity contribution is 7.89. The number of hydrogen-bond acceptors (Lipinski definition) is 3. The SMILES string of the molecule is CCCS(=O)(=O)N1CCC[C@H]1c1ncc(-c2ccccc2F)[nH]1. The van der Waals surface area contributed by atoms with Crippen LogP contribution in [0.3, 0.4) is 0 Å². The highest BCUT2D eigenvalue weighted by Crippen LogP contribution is 2.34. The van der Waals surface area contributed by atoms with E-state index < -0.39 is 10.0 Å². The lowest BCUT2D eigenvalue weighted by Gasteiger charge is -2.22. The third kappa shape index (κ3) is 3.16. The number of benzene rings is 1. The number of aromatic amines is 1. The first kappa shape index (κ1) is 16.1. The molecule has 5 nitrogen and oxygen atoms in total. The molecule has 0 aliphatic carbocycles. The fourth-order valence-electron chi connectivity index (χ4n) is 3.04. The molecule has 1 atom stereocenters. The Hall–Kier alpha value is -1.73. The van der Waals surface area contributed by atoms with Crippen molar-refractivity contribution in [3.05, 3.63) is 42.1 Å². The molecule has 1 aromatic heterocycles. The Bertz CT molecular complexity index is 788. The van der Waals surface area contributed by atoms with Gasteiger partial charge in [-0.2, -0.15) is 4.31 Å². The molecule has 1 aliphatic heterocycles. The molecule has 0 bridgehead atoms. The van der Waals surface area contributed by atoms with E-state index in [4.69, 9.17) is 0 Å². The number of halogens is 1. The topological polar surface area (TPSA) is 66.1 Å². The van der Waals surface area contributed by atoms with Gasteiger partial charge in [-0.3, -0.25) is 0 Å². The van der Waals surface area contributed by atoms with E-state index >= 15 is 0 Å². The van der Waals surface area contributed by atoms with Gasteiger partial charge in [0.2, 0.25) is 10.0 Å². The summed E-state index contributed by atoms with van der Waals surface area (Å²) in [6.45, 7) is 2.37. The predicted octanol–water partition coefficient (Wildman–Crippen LogP) is 3.09. The van der Waals surface area contributed by atoms with E-state index in [1.807, 2.05) is 6.92 Å². The average Bonchev–Trinajstić information content (AvgIpc) is 3.17. The van der Waals surface area contributed by atoms with Gasteiger partial charge < -0.3 is 4.98 Å². The Morgan fingerprint density at radius 1 is 1.39 bits per heavy atom. The van der Waals surface area contributed by atoms with Crippen molar-refractivity contribution < 1.29 is 12.8 Å². The fraction of sp³-hybridized carbons (Fsp3) is 0.438. The molecule has 3 rings (SSSR count). The summed E-state index contributed by atoms with van der Waals surface area (Å²) in [6, 6.07) is 6.17. The minimum absolute atomic E-state index is 0.143. The maximum Gasteiger partial charge on any atom is 0.214 e. The lowest BCUT2D eigenvalue weighted by atomic mass is 10.1. The van der Waals surface area contributed by atoms with E-state index in [0.717, 1.165) is 12.8 Å². The van der Waals surface area contributed by atoms with Crippen molar-refractivity contribution in [2.75, 3.05) is 12.3 Å². The monoisotopic (exact) mass is 337 g/mol. The van der Waals surface area contributed by atoms with Gasteiger partial charge in [-0.15, -0.1) is 0 Å². The van der Waals surface area contributed by atoms with Gasteiger partial charge >= 0.3 is 0 Å². The number of nitrogens with zero attached hydrogens (tertiary/aromatic N) is 2. The minimum atomic E-state index is -3.27. The van der Waals surface area contributed by atoms with Crippen LogP contribution in [-0.4, -0.2) is 35.0 Å². The Morgan fingerprint density at radius 3 is 2.91 bits per heavy atom. The quantitative estimate of drug-likeness (QED) is 0.912. The lowest BCUT2D eigenvalue weighted by molar-refractivity contribution is 0.385. The first-order valence-corrected chi connectivity index (χ1v) is 9.43. The van der Waals surface area contributed by atoms with Gasteiger partial charge in [-0.25, -0.2) is 17.8 Å². The maximum absolute atomic E-state index is 13.9.